The van der Waals surface area contributed by atoms with Crippen molar-refractivity contribution in [3.05, 3.63) is 35.9 Å². The van der Waals surface area contributed by atoms with Gasteiger partial charge in [-0.25, -0.2) is 0 Å². The predicted octanol–water partition coefficient (Wildman–Crippen LogP) is 1.64. The Balaban J connectivity index is 2.48. The number of hydrogen-bond donors (Lipinski definition) is 0. The molecule has 0 saturated heterocycles. The topological polar surface area (TPSA) is 27.0 Å². The summed E-state index contributed by atoms with van der Waals surface area (Å²) in [6.45, 7) is 1.32. The molecule has 0 atom stereocenters. The van der Waals surface area contributed by atoms with E-state index >= 15 is 0 Å². The summed E-state index contributed by atoms with van der Waals surface area (Å²) in [7, 11) is 1.94. The van der Waals surface area contributed by atoms with Crippen molar-refractivity contribution in [2.75, 3.05) is 13.6 Å². The lowest BCUT2D eigenvalue weighted by atomic mass is 10.2. The monoisotopic (exact) mass is 164 g/mol. The van der Waals surface area contributed by atoms with E-state index in [2.05, 4.69) is 18.2 Å². The summed E-state index contributed by atoms with van der Waals surface area (Å²) < 4.78 is 0. The second-order valence-electron chi connectivity index (χ2n) is 2.82. The average Bonchev–Trinajstić information content (AvgIpc) is 2.06. The van der Waals surface area contributed by atoms with Gasteiger partial charge in [0.05, 0.1) is 12.6 Å². The molecule has 2 nitrogen and oxygen atoms in total. The average molecular weight is 164 g/mol. The van der Waals surface area contributed by atoms with Gasteiger partial charge in [-0.2, -0.15) is 5.26 Å². The zero-order chi connectivity index (χ0) is 8.81. The number of benzene rings is 1. The summed E-state index contributed by atoms with van der Waals surface area (Å²) in [4.78, 5) is 1.98. The molecule has 0 radical (unpaired) electrons. The van der Waals surface area contributed by atoms with E-state index in [1.165, 1.54) is 5.56 Å². The molecular formula is C10H12N2. The maximum absolute atomic E-state index is 8.42. The molecule has 0 aliphatic heterocycles. The highest BCUT2D eigenvalue weighted by atomic mass is 15.9. The van der Waals surface area contributed by atoms with Crippen molar-refractivity contribution in [1.29, 1.82) is 5.26 Å². The van der Waals surface area contributed by atoms with Gasteiger partial charge in [0.15, 0.2) is 0 Å². The van der Waals surface area contributed by atoms with E-state index in [9.17, 15) is 0 Å². The van der Waals surface area contributed by atoms with Crippen molar-refractivity contribution in [3.63, 3.8) is 0 Å². The first-order valence-corrected chi connectivity index (χ1v) is 3.92. The van der Waals surface area contributed by atoms with Gasteiger partial charge in [0.2, 0.25) is 0 Å². The molecule has 0 heterocycles. The van der Waals surface area contributed by atoms with Gasteiger partial charge in [0.1, 0.15) is 0 Å². The molecule has 62 valence electrons. The Hall–Kier alpha value is -1.33. The van der Waals surface area contributed by atoms with Crippen LogP contribution in [0, 0.1) is 11.3 Å². The minimum Gasteiger partial charge on any atom is -0.289 e. The van der Waals surface area contributed by atoms with Gasteiger partial charge in [-0.1, -0.05) is 30.3 Å². The second-order valence-corrected chi connectivity index (χ2v) is 2.82. The predicted molar refractivity (Wildman–Crippen MR) is 48.4 cm³/mol. The Morgan fingerprint density at radius 2 is 2.00 bits per heavy atom. The number of hydrogen-bond acceptors (Lipinski definition) is 2. The van der Waals surface area contributed by atoms with Crippen LogP contribution in [-0.4, -0.2) is 18.5 Å². The molecule has 0 aromatic heterocycles. The summed E-state index contributed by atoms with van der Waals surface area (Å²) in [6, 6.07) is 12.3. The Morgan fingerprint density at radius 1 is 1.33 bits per heavy atom. The normalized spacial score (nSPS) is 9.75. The molecule has 0 fully saturated rings. The standard InChI is InChI=1S/C10H12N2/c1-12(8-7-11)9-10-5-3-2-4-6-10/h2-6H,8-9H2,1H3/i1+1,7+1,11+1,12+1. The number of nitrogens with zero attached hydrogens (tertiary/aromatic N) is 2. The van der Waals surface area contributed by atoms with E-state index in [-0.39, 0.29) is 0 Å². The fourth-order valence-corrected chi connectivity index (χ4v) is 1.07. The Bertz CT molecular complexity index is 261. The van der Waals surface area contributed by atoms with Crippen molar-refractivity contribution in [3.8, 4) is 6.07 Å². The molecule has 0 amide bonds. The molecule has 1 rings (SSSR count). The van der Waals surface area contributed by atoms with Crippen molar-refractivity contribution in [2.45, 2.75) is 6.54 Å². The van der Waals surface area contributed by atoms with Gasteiger partial charge >= 0.3 is 0 Å². The molecule has 0 saturated carbocycles. The third-order valence-corrected chi connectivity index (χ3v) is 1.64. The molecular weight excluding hydrogens is 152 g/mol. The van der Waals surface area contributed by atoms with E-state index in [0.717, 1.165) is 6.54 Å². The van der Waals surface area contributed by atoms with Crippen molar-refractivity contribution < 1.29 is 0 Å². The van der Waals surface area contributed by atoms with E-state index < -0.39 is 0 Å². The minimum atomic E-state index is 0.481. The summed E-state index contributed by atoms with van der Waals surface area (Å²) in [5.41, 5.74) is 1.25. The first-order chi connectivity index (χ1) is 5.83. The molecule has 12 heavy (non-hydrogen) atoms. The Kier molecular flexibility index (Phi) is 3.31. The summed E-state index contributed by atoms with van der Waals surface area (Å²) in [5, 5.41) is 8.42. The van der Waals surface area contributed by atoms with Crippen LogP contribution >= 0.6 is 0 Å². The van der Waals surface area contributed by atoms with E-state index in [4.69, 9.17) is 5.26 Å². The highest BCUT2D eigenvalue weighted by Crippen LogP contribution is 2.01. The van der Waals surface area contributed by atoms with Crippen LogP contribution in [0.2, 0.25) is 0 Å². The molecule has 1 aromatic carbocycles. The lowest BCUT2D eigenvalue weighted by Crippen LogP contribution is -2.17. The van der Waals surface area contributed by atoms with Crippen LogP contribution in [0.15, 0.2) is 30.3 Å². The van der Waals surface area contributed by atoms with Crippen LogP contribution in [0.1, 0.15) is 5.56 Å². The number of nitriles is 1. The molecule has 0 N–H and O–H groups in total. The van der Waals surface area contributed by atoms with Gasteiger partial charge in [-0.05, 0) is 12.6 Å². The van der Waals surface area contributed by atoms with Gasteiger partial charge in [0.25, 0.3) is 0 Å². The molecule has 0 aliphatic carbocycles. The molecule has 2 heteroatoms. The lowest BCUT2D eigenvalue weighted by molar-refractivity contribution is 0.367. The summed E-state index contributed by atoms with van der Waals surface area (Å²) in [6.07, 6.45) is 0. The van der Waals surface area contributed by atoms with Crippen molar-refractivity contribution in [1.82, 2.24) is 4.90 Å². The SMILES string of the molecule is [13CH3][15N](C[13C]#[15N])Cc1ccccc1. The first kappa shape index (κ1) is 8.76. The quantitative estimate of drug-likeness (QED) is 0.386. The Labute approximate surface area is 73.0 Å². The highest BCUT2D eigenvalue weighted by Gasteiger charge is 1.96. The molecule has 0 aliphatic rings. The summed E-state index contributed by atoms with van der Waals surface area (Å²) in [5.74, 6) is 0. The second kappa shape index (κ2) is 4.53. The van der Waals surface area contributed by atoms with Crippen LogP contribution in [-0.2, 0) is 6.54 Å². The van der Waals surface area contributed by atoms with Crippen LogP contribution in [0.4, 0.5) is 0 Å². The molecule has 1 aromatic rings. The van der Waals surface area contributed by atoms with Crippen molar-refractivity contribution in [2.24, 2.45) is 0 Å². The first-order valence-electron chi connectivity index (χ1n) is 3.92. The maximum atomic E-state index is 8.42. The maximum Gasteiger partial charge on any atom is 0.0866 e. The van der Waals surface area contributed by atoms with Gasteiger partial charge in [-0.15, -0.1) is 0 Å². The molecule has 0 bridgehead atoms. The van der Waals surface area contributed by atoms with Crippen LogP contribution < -0.4 is 0 Å². The lowest BCUT2D eigenvalue weighted by Gasteiger charge is -2.11. The van der Waals surface area contributed by atoms with Gasteiger partial charge < -0.3 is 0 Å². The summed E-state index contributed by atoms with van der Waals surface area (Å²) >= 11 is 0. The third-order valence-electron chi connectivity index (χ3n) is 1.64. The largest absolute Gasteiger partial charge is 0.289 e. The number of rotatable bonds is 3. The van der Waals surface area contributed by atoms with E-state index in [0.29, 0.717) is 6.54 Å². The zero-order valence-corrected chi connectivity index (χ0v) is 7.20. The van der Waals surface area contributed by atoms with Crippen LogP contribution in [0.25, 0.3) is 0 Å². The minimum absolute atomic E-state index is 0.481. The van der Waals surface area contributed by atoms with Crippen LogP contribution in [0.5, 0.6) is 0 Å². The zero-order valence-electron chi connectivity index (χ0n) is 7.20. The van der Waals surface area contributed by atoms with Gasteiger partial charge in [0, 0.05) is 6.54 Å². The third kappa shape index (κ3) is 2.73. The van der Waals surface area contributed by atoms with Gasteiger partial charge in [-0.3, -0.25) is 4.90 Å². The molecule has 0 spiro atoms. The fourth-order valence-electron chi connectivity index (χ4n) is 1.07. The molecule has 0 unspecified atom stereocenters. The van der Waals surface area contributed by atoms with Crippen LogP contribution in [0.3, 0.4) is 0 Å². The highest BCUT2D eigenvalue weighted by molar-refractivity contribution is 5.14. The fraction of sp³-hybridized carbons (Fsp3) is 0.300. The van der Waals surface area contributed by atoms with E-state index in [1.807, 2.05) is 30.1 Å². The van der Waals surface area contributed by atoms with Crippen molar-refractivity contribution >= 4 is 0 Å². The Morgan fingerprint density at radius 3 is 2.58 bits per heavy atom. The smallest absolute Gasteiger partial charge is 0.0866 e. The van der Waals surface area contributed by atoms with E-state index in [1.54, 1.807) is 0 Å².